The van der Waals surface area contributed by atoms with Crippen LogP contribution >= 0.6 is 0 Å². The molecule has 5 nitrogen and oxygen atoms in total. The molecule has 6 heteroatoms. The zero-order valence-electron chi connectivity index (χ0n) is 14.9. The summed E-state index contributed by atoms with van der Waals surface area (Å²) in [6, 6.07) is 15.0. The van der Waals surface area contributed by atoms with Crippen molar-refractivity contribution < 1.29 is 13.2 Å². The Balaban J connectivity index is 1.74. The molecule has 0 radical (unpaired) electrons. The average Bonchev–Trinajstić information content (AvgIpc) is 2.99. The molecular formula is C20H22N2O3S. The Morgan fingerprint density at radius 1 is 0.962 bits per heavy atom. The number of fused-ring (bicyclic) bond motifs is 1. The summed E-state index contributed by atoms with van der Waals surface area (Å²) in [6.45, 7) is 4.40. The first-order valence-corrected chi connectivity index (χ1v) is 10.6. The lowest BCUT2D eigenvalue weighted by atomic mass is 10.1. The molecule has 0 bridgehead atoms. The molecule has 2 aliphatic rings. The van der Waals surface area contributed by atoms with E-state index in [1.165, 1.54) is 0 Å². The Bertz CT molecular complexity index is 936. The van der Waals surface area contributed by atoms with Crippen LogP contribution in [0.4, 0.5) is 10.5 Å². The Morgan fingerprint density at radius 2 is 1.58 bits per heavy atom. The topological polar surface area (TPSA) is 57.7 Å². The summed E-state index contributed by atoms with van der Waals surface area (Å²) in [7, 11) is -3.15. The summed E-state index contributed by atoms with van der Waals surface area (Å²) in [5.41, 5.74) is 3.92. The van der Waals surface area contributed by atoms with Crippen LogP contribution in [-0.4, -0.2) is 42.9 Å². The van der Waals surface area contributed by atoms with E-state index in [9.17, 15) is 13.2 Å². The fourth-order valence-electron chi connectivity index (χ4n) is 4.13. The Hall–Kier alpha value is -2.34. The molecule has 2 aromatic rings. The van der Waals surface area contributed by atoms with Gasteiger partial charge in [-0.3, -0.25) is 4.90 Å². The lowest BCUT2D eigenvalue weighted by molar-refractivity contribution is 0.206. The molecule has 2 aliphatic heterocycles. The monoisotopic (exact) mass is 370 g/mol. The van der Waals surface area contributed by atoms with E-state index in [-0.39, 0.29) is 29.6 Å². The first-order valence-electron chi connectivity index (χ1n) is 8.76. The summed E-state index contributed by atoms with van der Waals surface area (Å²) in [4.78, 5) is 16.6. The third-order valence-electron chi connectivity index (χ3n) is 5.16. The number of nitrogens with zero attached hydrogens (tertiary/aromatic N) is 2. The Kier molecular flexibility index (Phi) is 4.03. The zero-order chi connectivity index (χ0) is 18.5. The molecule has 4 rings (SSSR count). The van der Waals surface area contributed by atoms with Crippen LogP contribution < -0.4 is 4.90 Å². The minimum Gasteiger partial charge on any atom is -0.314 e. The van der Waals surface area contributed by atoms with E-state index in [0.717, 1.165) is 22.4 Å². The molecule has 2 amide bonds. The van der Waals surface area contributed by atoms with Crippen molar-refractivity contribution in [3.05, 3.63) is 65.2 Å². The third kappa shape index (κ3) is 2.98. The molecule has 2 fully saturated rings. The molecule has 2 aromatic carbocycles. The normalized spacial score (nSPS) is 24.2. The highest BCUT2D eigenvalue weighted by Gasteiger charge is 2.53. The molecule has 0 saturated carbocycles. The number of amides is 2. The van der Waals surface area contributed by atoms with Gasteiger partial charge in [0.2, 0.25) is 0 Å². The number of rotatable bonds is 3. The van der Waals surface area contributed by atoms with Crippen molar-refractivity contribution in [2.24, 2.45) is 0 Å². The van der Waals surface area contributed by atoms with Gasteiger partial charge >= 0.3 is 6.03 Å². The largest absolute Gasteiger partial charge is 0.325 e. The molecule has 2 saturated heterocycles. The van der Waals surface area contributed by atoms with E-state index in [4.69, 9.17) is 0 Å². The van der Waals surface area contributed by atoms with E-state index in [0.29, 0.717) is 6.54 Å². The van der Waals surface area contributed by atoms with Gasteiger partial charge in [0.25, 0.3) is 0 Å². The Morgan fingerprint density at radius 3 is 2.23 bits per heavy atom. The second-order valence-corrected chi connectivity index (χ2v) is 9.48. The summed E-state index contributed by atoms with van der Waals surface area (Å²) in [5, 5.41) is 0. The molecule has 0 N–H and O–H groups in total. The molecule has 2 atom stereocenters. The maximum Gasteiger partial charge on any atom is 0.325 e. The van der Waals surface area contributed by atoms with Crippen molar-refractivity contribution in [2.45, 2.75) is 32.5 Å². The molecule has 0 unspecified atom stereocenters. The lowest BCUT2D eigenvalue weighted by Crippen LogP contribution is -2.37. The minimum atomic E-state index is -3.15. The first kappa shape index (κ1) is 17.1. The van der Waals surface area contributed by atoms with E-state index >= 15 is 0 Å². The summed E-state index contributed by atoms with van der Waals surface area (Å²) in [5.74, 6) is 0.0687. The zero-order valence-corrected chi connectivity index (χ0v) is 15.7. The average molecular weight is 370 g/mol. The number of anilines is 1. The molecule has 26 heavy (non-hydrogen) atoms. The number of aryl methyl sites for hydroxylation is 2. The Labute approximate surface area is 154 Å². The predicted molar refractivity (Wildman–Crippen MR) is 102 cm³/mol. The lowest BCUT2D eigenvalue weighted by Gasteiger charge is -2.23. The van der Waals surface area contributed by atoms with Gasteiger partial charge in [-0.2, -0.15) is 0 Å². The predicted octanol–water partition coefficient (Wildman–Crippen LogP) is 2.91. The van der Waals surface area contributed by atoms with Crippen LogP contribution in [0.2, 0.25) is 0 Å². The number of carbonyl (C=O) groups excluding carboxylic acids is 1. The molecule has 0 aromatic heterocycles. The van der Waals surface area contributed by atoms with Gasteiger partial charge in [-0.05, 0) is 42.7 Å². The van der Waals surface area contributed by atoms with Crippen molar-refractivity contribution in [1.82, 2.24) is 4.90 Å². The summed E-state index contributed by atoms with van der Waals surface area (Å²) >= 11 is 0. The van der Waals surface area contributed by atoms with E-state index < -0.39 is 9.84 Å². The summed E-state index contributed by atoms with van der Waals surface area (Å²) in [6.07, 6.45) is 0. The van der Waals surface area contributed by atoms with Crippen molar-refractivity contribution in [3.8, 4) is 0 Å². The van der Waals surface area contributed by atoms with Crippen LogP contribution in [0.3, 0.4) is 0 Å². The van der Waals surface area contributed by atoms with Crippen LogP contribution in [0, 0.1) is 13.8 Å². The quantitative estimate of drug-likeness (QED) is 0.781. The van der Waals surface area contributed by atoms with Crippen LogP contribution in [0.15, 0.2) is 48.5 Å². The van der Waals surface area contributed by atoms with Crippen molar-refractivity contribution in [1.29, 1.82) is 0 Å². The third-order valence-corrected chi connectivity index (χ3v) is 6.86. The molecule has 2 heterocycles. The first-order chi connectivity index (χ1) is 12.3. The van der Waals surface area contributed by atoms with Crippen molar-refractivity contribution >= 4 is 21.6 Å². The second kappa shape index (κ2) is 6.13. The SMILES string of the molecule is Cc1cc(C)cc(N2C(=O)N(Cc3ccccc3)[C@H]3CS(=O)(=O)C[C@@H]32)c1. The molecular weight excluding hydrogens is 348 g/mol. The number of hydrogen-bond acceptors (Lipinski definition) is 3. The maximum absolute atomic E-state index is 13.2. The van der Waals surface area contributed by atoms with Gasteiger partial charge in [0.05, 0.1) is 23.6 Å². The van der Waals surface area contributed by atoms with Gasteiger partial charge in [-0.1, -0.05) is 36.4 Å². The fourth-order valence-corrected chi connectivity index (χ4v) is 6.08. The number of urea groups is 1. The number of hydrogen-bond donors (Lipinski definition) is 0. The van der Waals surface area contributed by atoms with E-state index in [2.05, 4.69) is 6.07 Å². The van der Waals surface area contributed by atoms with Gasteiger partial charge in [0, 0.05) is 12.2 Å². The van der Waals surface area contributed by atoms with Crippen LogP contribution in [0.1, 0.15) is 16.7 Å². The van der Waals surface area contributed by atoms with Crippen LogP contribution in [0.5, 0.6) is 0 Å². The standard InChI is InChI=1S/C20H22N2O3S/c1-14-8-15(2)10-17(9-14)22-19-13-26(24,25)12-18(19)21(20(22)23)11-16-6-4-3-5-7-16/h3-10,18-19H,11-13H2,1-2H3/t18-,19-/m0/s1. The second-order valence-electron chi connectivity index (χ2n) is 7.32. The molecule has 0 aliphatic carbocycles. The number of benzene rings is 2. The smallest absolute Gasteiger partial charge is 0.314 e. The van der Waals surface area contributed by atoms with Gasteiger partial charge in [0.15, 0.2) is 9.84 Å². The van der Waals surface area contributed by atoms with Crippen LogP contribution in [-0.2, 0) is 16.4 Å². The number of sulfone groups is 1. The van der Waals surface area contributed by atoms with Gasteiger partial charge in [-0.25, -0.2) is 13.2 Å². The van der Waals surface area contributed by atoms with Gasteiger partial charge in [-0.15, -0.1) is 0 Å². The highest BCUT2D eigenvalue weighted by Crippen LogP contribution is 2.36. The van der Waals surface area contributed by atoms with Gasteiger partial charge in [0.1, 0.15) is 0 Å². The minimum absolute atomic E-state index is 0.0295. The fraction of sp³-hybridized carbons (Fsp3) is 0.350. The van der Waals surface area contributed by atoms with Crippen molar-refractivity contribution in [2.75, 3.05) is 16.4 Å². The maximum atomic E-state index is 13.2. The summed E-state index contributed by atoms with van der Waals surface area (Å²) < 4.78 is 24.6. The van der Waals surface area contributed by atoms with E-state index in [1.807, 2.05) is 56.3 Å². The highest BCUT2D eigenvalue weighted by atomic mass is 32.2. The number of carbonyl (C=O) groups is 1. The molecule has 0 spiro atoms. The molecule has 136 valence electrons. The van der Waals surface area contributed by atoms with Crippen molar-refractivity contribution in [3.63, 3.8) is 0 Å². The van der Waals surface area contributed by atoms with E-state index in [1.54, 1.807) is 9.80 Å². The highest BCUT2D eigenvalue weighted by molar-refractivity contribution is 7.91. The van der Waals surface area contributed by atoms with Gasteiger partial charge < -0.3 is 4.90 Å². The van der Waals surface area contributed by atoms with Crippen LogP contribution in [0.25, 0.3) is 0 Å².